The van der Waals surface area contributed by atoms with Gasteiger partial charge in [0, 0.05) is 17.6 Å². The van der Waals surface area contributed by atoms with Crippen molar-refractivity contribution in [3.05, 3.63) is 34.3 Å². The number of likely N-dealkylation sites (N-methyl/N-ethyl adjacent to an activating group) is 1. The molecule has 0 spiro atoms. The third-order valence-electron chi connectivity index (χ3n) is 3.73. The summed E-state index contributed by atoms with van der Waals surface area (Å²) in [6, 6.07) is 7.66. The smallest absolute Gasteiger partial charge is 0.246 e. The summed E-state index contributed by atoms with van der Waals surface area (Å²) in [6.45, 7) is 5.38. The van der Waals surface area contributed by atoms with Gasteiger partial charge in [0.15, 0.2) is 0 Å². The number of halogens is 1. The Morgan fingerprint density at radius 2 is 2.00 bits per heavy atom. The zero-order chi connectivity index (χ0) is 14.0. The van der Waals surface area contributed by atoms with Gasteiger partial charge in [-0.15, -0.1) is 0 Å². The second kappa shape index (κ2) is 5.63. The van der Waals surface area contributed by atoms with Crippen molar-refractivity contribution in [3.63, 3.8) is 0 Å². The van der Waals surface area contributed by atoms with E-state index in [0.717, 1.165) is 23.1 Å². The highest BCUT2D eigenvalue weighted by Crippen LogP contribution is 2.31. The molecule has 1 aromatic carbocycles. The number of nitrogens with zero attached hydrogens (tertiary/aromatic N) is 1. The quantitative estimate of drug-likeness (QED) is 0.905. The van der Waals surface area contributed by atoms with E-state index in [1.165, 1.54) is 12.8 Å². The number of hydrogen-bond acceptors (Lipinski definition) is 2. The first-order valence-electron chi connectivity index (χ1n) is 6.79. The summed E-state index contributed by atoms with van der Waals surface area (Å²) in [4.78, 5) is 14.5. The highest BCUT2D eigenvalue weighted by Gasteiger charge is 2.36. The molecule has 1 amide bonds. The highest BCUT2D eigenvalue weighted by atomic mass is 79.9. The van der Waals surface area contributed by atoms with E-state index in [9.17, 15) is 4.79 Å². The van der Waals surface area contributed by atoms with Gasteiger partial charge in [0.05, 0.1) is 0 Å². The molecule has 4 heteroatoms. The van der Waals surface area contributed by atoms with Crippen molar-refractivity contribution >= 4 is 21.8 Å². The van der Waals surface area contributed by atoms with E-state index in [4.69, 9.17) is 5.73 Å². The standard InChI is InChI=1S/C15H21BrN2O/c1-3-18(10-11-4-5-11)14(19)15(2,17)12-6-8-13(16)9-7-12/h6-9,11H,3-5,10,17H2,1-2H3. The molecule has 1 aliphatic rings. The first-order valence-corrected chi connectivity index (χ1v) is 7.58. The van der Waals surface area contributed by atoms with Crippen LogP contribution in [0.4, 0.5) is 0 Å². The summed E-state index contributed by atoms with van der Waals surface area (Å²) in [5.41, 5.74) is 6.20. The van der Waals surface area contributed by atoms with Crippen molar-refractivity contribution in [2.75, 3.05) is 13.1 Å². The van der Waals surface area contributed by atoms with Gasteiger partial charge in [-0.2, -0.15) is 0 Å². The first kappa shape index (κ1) is 14.5. The lowest BCUT2D eigenvalue weighted by Crippen LogP contribution is -2.51. The maximum Gasteiger partial charge on any atom is 0.246 e. The lowest BCUT2D eigenvalue weighted by molar-refractivity contribution is -0.136. The van der Waals surface area contributed by atoms with Gasteiger partial charge in [-0.05, 0) is 50.3 Å². The summed E-state index contributed by atoms with van der Waals surface area (Å²) in [7, 11) is 0. The molecule has 1 saturated carbocycles. The van der Waals surface area contributed by atoms with Gasteiger partial charge in [0.25, 0.3) is 0 Å². The lowest BCUT2D eigenvalue weighted by Gasteiger charge is -2.31. The van der Waals surface area contributed by atoms with E-state index in [1.807, 2.05) is 36.1 Å². The number of rotatable bonds is 5. The predicted molar refractivity (Wildman–Crippen MR) is 80.7 cm³/mol. The molecule has 104 valence electrons. The van der Waals surface area contributed by atoms with E-state index in [1.54, 1.807) is 6.92 Å². The Morgan fingerprint density at radius 1 is 1.42 bits per heavy atom. The van der Waals surface area contributed by atoms with E-state index in [-0.39, 0.29) is 5.91 Å². The second-order valence-electron chi connectivity index (χ2n) is 5.50. The predicted octanol–water partition coefficient (Wildman–Crippen LogP) is 2.88. The Kier molecular flexibility index (Phi) is 4.31. The molecule has 0 aromatic heterocycles. The normalized spacial score (nSPS) is 17.9. The largest absolute Gasteiger partial charge is 0.341 e. The summed E-state index contributed by atoms with van der Waals surface area (Å²) in [5, 5.41) is 0. The average Bonchev–Trinajstić information content (AvgIpc) is 3.19. The van der Waals surface area contributed by atoms with Crippen LogP contribution in [-0.2, 0) is 10.3 Å². The van der Waals surface area contributed by atoms with Crippen LogP contribution in [0.2, 0.25) is 0 Å². The minimum Gasteiger partial charge on any atom is -0.341 e. The average molecular weight is 325 g/mol. The van der Waals surface area contributed by atoms with Crippen molar-refractivity contribution in [1.82, 2.24) is 4.90 Å². The molecule has 19 heavy (non-hydrogen) atoms. The molecule has 0 saturated heterocycles. The fourth-order valence-corrected chi connectivity index (χ4v) is 2.48. The van der Waals surface area contributed by atoms with Gasteiger partial charge in [-0.25, -0.2) is 0 Å². The summed E-state index contributed by atoms with van der Waals surface area (Å²) in [6.07, 6.45) is 2.48. The second-order valence-corrected chi connectivity index (χ2v) is 6.41. The van der Waals surface area contributed by atoms with Crippen LogP contribution in [0.5, 0.6) is 0 Å². The molecule has 1 atom stereocenters. The van der Waals surface area contributed by atoms with Gasteiger partial charge < -0.3 is 10.6 Å². The number of carbonyl (C=O) groups excluding carboxylic acids is 1. The fraction of sp³-hybridized carbons (Fsp3) is 0.533. The Bertz CT molecular complexity index is 452. The van der Waals surface area contributed by atoms with Gasteiger partial charge in [0.2, 0.25) is 5.91 Å². The van der Waals surface area contributed by atoms with Crippen molar-refractivity contribution in [2.24, 2.45) is 11.7 Å². The van der Waals surface area contributed by atoms with Crippen LogP contribution in [-0.4, -0.2) is 23.9 Å². The van der Waals surface area contributed by atoms with Crippen LogP contribution in [0, 0.1) is 5.92 Å². The Balaban J connectivity index is 2.16. The van der Waals surface area contributed by atoms with E-state index < -0.39 is 5.54 Å². The number of benzene rings is 1. The Morgan fingerprint density at radius 3 is 2.47 bits per heavy atom. The minimum atomic E-state index is -0.953. The van der Waals surface area contributed by atoms with Crippen molar-refractivity contribution in [2.45, 2.75) is 32.2 Å². The first-order chi connectivity index (χ1) is 8.95. The monoisotopic (exact) mass is 324 g/mol. The highest BCUT2D eigenvalue weighted by molar-refractivity contribution is 9.10. The van der Waals surface area contributed by atoms with Gasteiger partial charge in [-0.3, -0.25) is 4.79 Å². The van der Waals surface area contributed by atoms with Crippen LogP contribution >= 0.6 is 15.9 Å². The van der Waals surface area contributed by atoms with Gasteiger partial charge in [-0.1, -0.05) is 28.1 Å². The topological polar surface area (TPSA) is 46.3 Å². The van der Waals surface area contributed by atoms with Crippen LogP contribution in [0.25, 0.3) is 0 Å². The van der Waals surface area contributed by atoms with E-state index in [0.29, 0.717) is 5.92 Å². The zero-order valence-electron chi connectivity index (χ0n) is 11.5. The molecule has 0 aliphatic heterocycles. The van der Waals surface area contributed by atoms with E-state index in [2.05, 4.69) is 15.9 Å². The minimum absolute atomic E-state index is 0.0178. The molecule has 2 rings (SSSR count). The molecular weight excluding hydrogens is 304 g/mol. The molecule has 0 radical (unpaired) electrons. The van der Waals surface area contributed by atoms with Crippen molar-refractivity contribution < 1.29 is 4.79 Å². The van der Waals surface area contributed by atoms with Crippen molar-refractivity contribution in [1.29, 1.82) is 0 Å². The third kappa shape index (κ3) is 3.37. The molecule has 0 bridgehead atoms. The number of amides is 1. The summed E-state index contributed by atoms with van der Waals surface area (Å²) < 4.78 is 0.991. The SMILES string of the molecule is CCN(CC1CC1)C(=O)C(C)(N)c1ccc(Br)cc1. The molecule has 2 N–H and O–H groups in total. The van der Waals surface area contributed by atoms with Crippen LogP contribution < -0.4 is 5.73 Å². The maximum absolute atomic E-state index is 12.6. The zero-order valence-corrected chi connectivity index (χ0v) is 13.1. The molecule has 1 aliphatic carbocycles. The number of hydrogen-bond donors (Lipinski definition) is 1. The van der Waals surface area contributed by atoms with Crippen molar-refractivity contribution in [3.8, 4) is 0 Å². The lowest BCUT2D eigenvalue weighted by atomic mass is 9.91. The third-order valence-corrected chi connectivity index (χ3v) is 4.26. The van der Waals surface area contributed by atoms with Gasteiger partial charge in [0.1, 0.15) is 5.54 Å². The van der Waals surface area contributed by atoms with Crippen LogP contribution in [0.3, 0.4) is 0 Å². The molecule has 1 unspecified atom stereocenters. The molecular formula is C15H21BrN2O. The summed E-state index contributed by atoms with van der Waals surface area (Å²) in [5.74, 6) is 0.703. The molecule has 1 fully saturated rings. The number of nitrogens with two attached hydrogens (primary N) is 1. The Labute approximate surface area is 123 Å². The molecule has 3 nitrogen and oxygen atoms in total. The van der Waals surface area contributed by atoms with Gasteiger partial charge >= 0.3 is 0 Å². The Hall–Kier alpha value is -0.870. The maximum atomic E-state index is 12.6. The van der Waals surface area contributed by atoms with E-state index >= 15 is 0 Å². The van der Waals surface area contributed by atoms with Crippen LogP contribution in [0.15, 0.2) is 28.7 Å². The number of carbonyl (C=O) groups is 1. The fourth-order valence-electron chi connectivity index (χ4n) is 2.22. The molecule has 1 aromatic rings. The van der Waals surface area contributed by atoms with Crippen LogP contribution in [0.1, 0.15) is 32.3 Å². The molecule has 0 heterocycles. The summed E-state index contributed by atoms with van der Waals surface area (Å²) >= 11 is 3.40.